The number of benzene rings is 1. The second kappa shape index (κ2) is 2.83. The van der Waals surface area contributed by atoms with Crippen molar-refractivity contribution in [2.24, 2.45) is 5.92 Å². The van der Waals surface area contributed by atoms with E-state index in [2.05, 4.69) is 6.92 Å². The lowest BCUT2D eigenvalue weighted by Crippen LogP contribution is -1.99. The Bertz CT molecular complexity index is 325. The molecule has 0 radical (unpaired) electrons. The zero-order chi connectivity index (χ0) is 9.42. The van der Waals surface area contributed by atoms with Crippen molar-refractivity contribution in [1.82, 2.24) is 0 Å². The summed E-state index contributed by atoms with van der Waals surface area (Å²) in [5, 5.41) is 9.16. The third-order valence-electron chi connectivity index (χ3n) is 2.32. The predicted octanol–water partition coefficient (Wildman–Crippen LogP) is 1.76. The Morgan fingerprint density at radius 3 is 2.77 bits per heavy atom. The molecule has 1 aliphatic rings. The van der Waals surface area contributed by atoms with E-state index >= 15 is 0 Å². The second-order valence-electron chi connectivity index (χ2n) is 3.59. The van der Waals surface area contributed by atoms with Crippen molar-refractivity contribution in [2.45, 2.75) is 19.4 Å². The van der Waals surface area contributed by atoms with Crippen LogP contribution in [0.3, 0.4) is 0 Å². The largest absolute Gasteiger partial charge is 0.506 e. The number of hydrogen-bond acceptors (Lipinski definition) is 3. The van der Waals surface area contributed by atoms with E-state index in [0.29, 0.717) is 17.7 Å². The molecule has 3 heteroatoms. The Kier molecular flexibility index (Phi) is 1.79. The highest BCUT2D eigenvalue weighted by atomic mass is 16.5. The Morgan fingerprint density at radius 2 is 2.23 bits per heavy atom. The van der Waals surface area contributed by atoms with Gasteiger partial charge in [0.2, 0.25) is 0 Å². The van der Waals surface area contributed by atoms with Crippen LogP contribution in [0.1, 0.15) is 13.3 Å². The number of phenols is 1. The third-order valence-corrected chi connectivity index (χ3v) is 2.32. The average Bonchev–Trinajstić information content (AvgIpc) is 2.75. The fraction of sp³-hybridized carbons (Fsp3) is 0.400. The normalized spacial score (nSPS) is 25.6. The minimum Gasteiger partial charge on any atom is -0.506 e. The smallest absolute Gasteiger partial charge is 0.138 e. The Hall–Kier alpha value is -1.38. The molecule has 0 saturated heterocycles. The SMILES string of the molecule is CC1CC1Oc1ccc(O)c(N)c1. The zero-order valence-corrected chi connectivity index (χ0v) is 7.53. The van der Waals surface area contributed by atoms with Crippen molar-refractivity contribution >= 4 is 5.69 Å². The molecule has 1 aromatic rings. The van der Waals surface area contributed by atoms with Crippen LogP contribution in [-0.4, -0.2) is 11.2 Å². The van der Waals surface area contributed by atoms with Gasteiger partial charge in [-0.3, -0.25) is 0 Å². The highest BCUT2D eigenvalue weighted by molar-refractivity contribution is 5.55. The van der Waals surface area contributed by atoms with E-state index in [9.17, 15) is 0 Å². The van der Waals surface area contributed by atoms with Gasteiger partial charge in [-0.1, -0.05) is 6.92 Å². The quantitative estimate of drug-likeness (QED) is 0.537. The highest BCUT2D eigenvalue weighted by Gasteiger charge is 2.34. The van der Waals surface area contributed by atoms with Crippen LogP contribution in [0.4, 0.5) is 5.69 Å². The number of nitrogens with two attached hydrogens (primary N) is 1. The standard InChI is InChI=1S/C10H13NO2/c1-6-4-10(6)13-7-2-3-9(12)8(11)5-7/h2-3,5-6,10,12H,4,11H2,1H3. The van der Waals surface area contributed by atoms with E-state index in [-0.39, 0.29) is 5.75 Å². The Labute approximate surface area is 77.1 Å². The summed E-state index contributed by atoms with van der Waals surface area (Å²) in [4.78, 5) is 0. The number of hydrogen-bond donors (Lipinski definition) is 2. The molecule has 0 heterocycles. The van der Waals surface area contributed by atoms with Gasteiger partial charge in [0.15, 0.2) is 0 Å². The molecule has 3 nitrogen and oxygen atoms in total. The summed E-state index contributed by atoms with van der Waals surface area (Å²) < 4.78 is 5.58. The van der Waals surface area contributed by atoms with Gasteiger partial charge < -0.3 is 15.6 Å². The lowest BCUT2D eigenvalue weighted by molar-refractivity contribution is 0.288. The molecule has 3 N–H and O–H groups in total. The number of ether oxygens (including phenoxy) is 1. The summed E-state index contributed by atoms with van der Waals surface area (Å²) in [6.07, 6.45) is 1.45. The van der Waals surface area contributed by atoms with E-state index in [0.717, 1.165) is 12.2 Å². The van der Waals surface area contributed by atoms with Gasteiger partial charge in [0.1, 0.15) is 17.6 Å². The van der Waals surface area contributed by atoms with Gasteiger partial charge in [-0.05, 0) is 24.5 Å². The molecule has 0 aromatic heterocycles. The molecule has 0 amide bonds. The maximum absolute atomic E-state index is 9.16. The summed E-state index contributed by atoms with van der Waals surface area (Å²) in [7, 11) is 0. The molecule has 1 fully saturated rings. The lowest BCUT2D eigenvalue weighted by atomic mass is 10.3. The first-order chi connectivity index (χ1) is 6.16. The van der Waals surface area contributed by atoms with Crippen molar-refractivity contribution in [1.29, 1.82) is 0 Å². The minimum atomic E-state index is 0.108. The number of rotatable bonds is 2. The summed E-state index contributed by atoms with van der Waals surface area (Å²) in [6.45, 7) is 2.15. The summed E-state index contributed by atoms with van der Waals surface area (Å²) >= 11 is 0. The first kappa shape index (κ1) is 8.23. The summed E-state index contributed by atoms with van der Waals surface area (Å²) in [5.41, 5.74) is 5.89. The van der Waals surface area contributed by atoms with Crippen LogP contribution in [0.15, 0.2) is 18.2 Å². The molecule has 70 valence electrons. The van der Waals surface area contributed by atoms with Crippen molar-refractivity contribution in [3.05, 3.63) is 18.2 Å². The van der Waals surface area contributed by atoms with Gasteiger partial charge in [0.25, 0.3) is 0 Å². The van der Waals surface area contributed by atoms with Crippen molar-refractivity contribution in [3.63, 3.8) is 0 Å². The number of anilines is 1. The van der Waals surface area contributed by atoms with E-state index in [1.54, 1.807) is 18.2 Å². The zero-order valence-electron chi connectivity index (χ0n) is 7.53. The van der Waals surface area contributed by atoms with E-state index in [1.165, 1.54) is 0 Å². The van der Waals surface area contributed by atoms with Gasteiger partial charge in [-0.15, -0.1) is 0 Å². The van der Waals surface area contributed by atoms with Crippen molar-refractivity contribution in [3.8, 4) is 11.5 Å². The van der Waals surface area contributed by atoms with E-state index in [4.69, 9.17) is 15.6 Å². The number of phenolic OH excluding ortho intramolecular Hbond substituents is 1. The topological polar surface area (TPSA) is 55.5 Å². The molecule has 2 rings (SSSR count). The predicted molar refractivity (Wildman–Crippen MR) is 50.7 cm³/mol. The minimum absolute atomic E-state index is 0.108. The van der Waals surface area contributed by atoms with Crippen LogP contribution >= 0.6 is 0 Å². The molecule has 1 aliphatic carbocycles. The highest BCUT2D eigenvalue weighted by Crippen LogP contribution is 2.35. The first-order valence-corrected chi connectivity index (χ1v) is 4.42. The second-order valence-corrected chi connectivity index (χ2v) is 3.59. The van der Waals surface area contributed by atoms with Crippen LogP contribution in [0.2, 0.25) is 0 Å². The van der Waals surface area contributed by atoms with E-state index in [1.807, 2.05) is 0 Å². The van der Waals surface area contributed by atoms with Gasteiger partial charge >= 0.3 is 0 Å². The molecule has 13 heavy (non-hydrogen) atoms. The third kappa shape index (κ3) is 1.69. The molecular formula is C10H13NO2. The van der Waals surface area contributed by atoms with Gasteiger partial charge in [0, 0.05) is 6.07 Å². The monoisotopic (exact) mass is 179 g/mol. The molecular weight excluding hydrogens is 166 g/mol. The van der Waals surface area contributed by atoms with Gasteiger partial charge in [-0.25, -0.2) is 0 Å². The van der Waals surface area contributed by atoms with Gasteiger partial charge in [-0.2, -0.15) is 0 Å². The maximum Gasteiger partial charge on any atom is 0.138 e. The lowest BCUT2D eigenvalue weighted by Gasteiger charge is -2.06. The Morgan fingerprint density at radius 1 is 1.54 bits per heavy atom. The number of aromatic hydroxyl groups is 1. The van der Waals surface area contributed by atoms with Crippen LogP contribution in [0, 0.1) is 5.92 Å². The molecule has 1 aromatic carbocycles. The van der Waals surface area contributed by atoms with E-state index < -0.39 is 0 Å². The average molecular weight is 179 g/mol. The molecule has 2 unspecified atom stereocenters. The molecule has 0 spiro atoms. The van der Waals surface area contributed by atoms with Crippen molar-refractivity contribution in [2.75, 3.05) is 5.73 Å². The molecule has 1 saturated carbocycles. The fourth-order valence-corrected chi connectivity index (χ4v) is 1.23. The summed E-state index contributed by atoms with van der Waals surface area (Å²) in [6, 6.07) is 4.94. The van der Waals surface area contributed by atoms with Crippen molar-refractivity contribution < 1.29 is 9.84 Å². The molecule has 0 aliphatic heterocycles. The summed E-state index contributed by atoms with van der Waals surface area (Å²) in [5.74, 6) is 1.50. The number of nitrogen functional groups attached to an aromatic ring is 1. The maximum atomic E-state index is 9.16. The molecule has 0 bridgehead atoms. The van der Waals surface area contributed by atoms with Crippen LogP contribution in [0.25, 0.3) is 0 Å². The first-order valence-electron chi connectivity index (χ1n) is 4.42. The van der Waals surface area contributed by atoms with Gasteiger partial charge in [0.05, 0.1) is 5.69 Å². The van der Waals surface area contributed by atoms with Crippen LogP contribution < -0.4 is 10.5 Å². The van der Waals surface area contributed by atoms with Crippen LogP contribution in [-0.2, 0) is 0 Å². The van der Waals surface area contributed by atoms with Crippen LogP contribution in [0.5, 0.6) is 11.5 Å². The fourth-order valence-electron chi connectivity index (χ4n) is 1.23. The molecule has 2 atom stereocenters. The Balaban J connectivity index is 2.08.